The highest BCUT2D eigenvalue weighted by Crippen LogP contribution is 2.53. The van der Waals surface area contributed by atoms with Gasteiger partial charge in [0.2, 0.25) is 0 Å². The minimum Gasteiger partial charge on any atom is -0.311 e. The van der Waals surface area contributed by atoms with Crippen LogP contribution in [0.25, 0.3) is 99.5 Å². The molecule has 0 aliphatic carbocycles. The van der Waals surface area contributed by atoms with E-state index in [1.807, 2.05) is 0 Å². The largest absolute Gasteiger partial charge is 0.311 e. The van der Waals surface area contributed by atoms with Crippen LogP contribution in [0.1, 0.15) is 184 Å². The molecular formula is C106H107BN4. The lowest BCUT2D eigenvalue weighted by Crippen LogP contribution is -2.61. The van der Waals surface area contributed by atoms with E-state index in [0.29, 0.717) is 0 Å². The Morgan fingerprint density at radius 1 is 0.207 bits per heavy atom. The number of hydrogen-bond acceptors (Lipinski definition) is 2. The molecule has 13 aromatic carbocycles. The molecule has 0 spiro atoms. The molecule has 0 saturated heterocycles. The van der Waals surface area contributed by atoms with Crippen molar-refractivity contribution >= 4 is 101 Å². The number of anilines is 6. The second kappa shape index (κ2) is 25.9. The van der Waals surface area contributed by atoms with Crippen LogP contribution in [0, 0.1) is 0 Å². The Labute approximate surface area is 660 Å². The summed E-state index contributed by atoms with van der Waals surface area (Å²) < 4.78 is 5.21. The molecule has 554 valence electrons. The van der Waals surface area contributed by atoms with Gasteiger partial charge in [-0.3, -0.25) is 0 Å². The maximum absolute atomic E-state index is 2.73. The Morgan fingerprint density at radius 2 is 0.577 bits per heavy atom. The smallest absolute Gasteiger partial charge is 0.252 e. The van der Waals surface area contributed by atoms with Crippen LogP contribution in [0.15, 0.2) is 267 Å². The zero-order valence-corrected chi connectivity index (χ0v) is 69.3. The summed E-state index contributed by atoms with van der Waals surface area (Å²) in [6.07, 6.45) is 0. The fraction of sp³-hybridized carbons (Fsp3) is 0.264. The Kier molecular flexibility index (Phi) is 17.0. The average molecular weight is 1450 g/mol. The lowest BCUT2D eigenvalue weighted by atomic mass is 9.33. The molecule has 5 heteroatoms. The van der Waals surface area contributed by atoms with Gasteiger partial charge in [0.05, 0.1) is 33.4 Å². The van der Waals surface area contributed by atoms with Gasteiger partial charge in [-0.25, -0.2) is 0 Å². The van der Waals surface area contributed by atoms with Gasteiger partial charge < -0.3 is 18.9 Å². The summed E-state index contributed by atoms with van der Waals surface area (Å²) in [5, 5.41) is 4.91. The van der Waals surface area contributed by atoms with Gasteiger partial charge in [0, 0.05) is 55.7 Å². The van der Waals surface area contributed by atoms with Crippen LogP contribution in [0.2, 0.25) is 0 Å². The molecule has 4 nitrogen and oxygen atoms in total. The first kappa shape index (κ1) is 73.0. The van der Waals surface area contributed by atoms with E-state index in [1.165, 1.54) is 144 Å². The maximum atomic E-state index is 2.73. The standard InChI is InChI=1S/C106H107BN4/c1-100(2,3)74-45-49-89-85(62-74)86-63-75(101(4,5)6)46-50-90(86)110(89)91-41-31-39-83-84-40-32-42-92(99(84)109(98(83)91)81-37-29-24-30-38-81)111-94-59-69(73-54-78(104(13,14)15)61-79(55-73)105(16,17)18)44-48-88(94)107-87-47-43-68(72-52-76(102(7,8)9)60-77(53-72)103(10,11)12)58-93(87)108(95-64-80(106(19,20)21)65-96(111)97(95)107)82-56-70(66-33-25-22-26-34-66)51-71(57-82)67-35-27-23-28-36-67/h22-65H,1-21H3. The lowest BCUT2D eigenvalue weighted by Gasteiger charge is -2.45. The molecule has 111 heavy (non-hydrogen) atoms. The fourth-order valence-corrected chi connectivity index (χ4v) is 17.5. The molecule has 0 N–H and O–H groups in total. The van der Waals surface area contributed by atoms with Crippen molar-refractivity contribution in [3.8, 4) is 55.9 Å². The van der Waals surface area contributed by atoms with Crippen molar-refractivity contribution in [3.63, 3.8) is 0 Å². The average Bonchev–Trinajstić information content (AvgIpc) is 1.68. The Morgan fingerprint density at radius 3 is 1.00 bits per heavy atom. The van der Waals surface area contributed by atoms with E-state index >= 15 is 0 Å². The lowest BCUT2D eigenvalue weighted by molar-refractivity contribution is 0.568. The van der Waals surface area contributed by atoms with Gasteiger partial charge in [-0.05, 0) is 229 Å². The van der Waals surface area contributed by atoms with E-state index in [1.54, 1.807) is 0 Å². The number of fused-ring (bicyclic) bond motifs is 10. The highest BCUT2D eigenvalue weighted by atomic mass is 15.2. The quantitative estimate of drug-likeness (QED) is 0.141. The summed E-state index contributed by atoms with van der Waals surface area (Å²) in [5.41, 5.74) is 35.6. The SMILES string of the molecule is CC(C)(C)c1cc(-c2ccc3c(c2)N(c2cc(-c4ccccc4)cc(-c4ccccc4)c2)c2cc(C(C)(C)C)cc4c2B3c2ccc(-c3cc(C(C)(C)C)cc(C(C)(C)C)c3)cc2N4c2cccc3c4cccc(-n5c6ccc(C(C)(C)C)cc6c6cc(C(C)(C)C)ccc65)c4n(-c4ccccc4)c23)cc(C(C)(C)C)c1. The highest BCUT2D eigenvalue weighted by molar-refractivity contribution is 7.00. The van der Waals surface area contributed by atoms with Crippen LogP contribution >= 0.6 is 0 Å². The molecule has 2 aliphatic rings. The first-order valence-electron chi connectivity index (χ1n) is 40.3. The molecule has 0 unspecified atom stereocenters. The summed E-state index contributed by atoms with van der Waals surface area (Å²) in [4.78, 5) is 5.41. The Bertz CT molecular complexity index is 6040. The normalized spacial score (nSPS) is 13.6. The molecule has 0 radical (unpaired) electrons. The van der Waals surface area contributed by atoms with Crippen LogP contribution in [0.4, 0.5) is 34.1 Å². The molecule has 0 fully saturated rings. The highest BCUT2D eigenvalue weighted by Gasteiger charge is 2.46. The molecule has 17 rings (SSSR count). The van der Waals surface area contributed by atoms with Gasteiger partial charge in [0.1, 0.15) is 0 Å². The van der Waals surface area contributed by atoms with E-state index in [-0.39, 0.29) is 44.6 Å². The molecule has 2 aromatic heterocycles. The van der Waals surface area contributed by atoms with Gasteiger partial charge in [-0.2, -0.15) is 0 Å². The van der Waals surface area contributed by atoms with E-state index in [4.69, 9.17) is 0 Å². The van der Waals surface area contributed by atoms with Crippen LogP contribution in [0.5, 0.6) is 0 Å². The van der Waals surface area contributed by atoms with Crippen molar-refractivity contribution in [2.75, 3.05) is 9.80 Å². The maximum Gasteiger partial charge on any atom is 0.252 e. The summed E-state index contributed by atoms with van der Waals surface area (Å²) in [6, 6.07) is 104. The van der Waals surface area contributed by atoms with Gasteiger partial charge in [-0.1, -0.05) is 321 Å². The monoisotopic (exact) mass is 1450 g/mol. The molecule has 0 saturated carbocycles. The summed E-state index contributed by atoms with van der Waals surface area (Å²) in [5.74, 6) is 0. The Hall–Kier alpha value is -10.9. The number of para-hydroxylation sites is 3. The third-order valence-electron chi connectivity index (χ3n) is 24.1. The predicted octanol–water partition coefficient (Wildman–Crippen LogP) is 27.7. The van der Waals surface area contributed by atoms with Crippen molar-refractivity contribution in [2.24, 2.45) is 0 Å². The van der Waals surface area contributed by atoms with Gasteiger partial charge in [-0.15, -0.1) is 0 Å². The van der Waals surface area contributed by atoms with Crippen molar-refractivity contribution in [2.45, 2.75) is 183 Å². The second-order valence-electron chi connectivity index (χ2n) is 39.2. The van der Waals surface area contributed by atoms with Gasteiger partial charge >= 0.3 is 0 Å². The van der Waals surface area contributed by atoms with Crippen LogP contribution < -0.4 is 26.2 Å². The number of benzene rings is 13. The van der Waals surface area contributed by atoms with Crippen LogP contribution in [0.3, 0.4) is 0 Å². The molecule has 2 aliphatic heterocycles. The molecule has 0 amide bonds. The van der Waals surface area contributed by atoms with Gasteiger partial charge in [0.25, 0.3) is 6.71 Å². The zero-order valence-electron chi connectivity index (χ0n) is 69.3. The number of hydrogen-bond donors (Lipinski definition) is 0. The van der Waals surface area contributed by atoms with Crippen molar-refractivity contribution in [3.05, 3.63) is 306 Å². The van der Waals surface area contributed by atoms with E-state index in [2.05, 4.69) is 431 Å². The van der Waals surface area contributed by atoms with E-state index < -0.39 is 0 Å². The molecule has 0 bridgehead atoms. The number of rotatable bonds is 8. The predicted molar refractivity (Wildman–Crippen MR) is 482 cm³/mol. The third kappa shape index (κ3) is 12.7. The second-order valence-corrected chi connectivity index (χ2v) is 39.2. The zero-order chi connectivity index (χ0) is 78.1. The molecule has 0 atom stereocenters. The summed E-state index contributed by atoms with van der Waals surface area (Å²) in [7, 11) is 0. The minimum atomic E-state index is -0.305. The van der Waals surface area contributed by atoms with Crippen molar-refractivity contribution < 1.29 is 0 Å². The van der Waals surface area contributed by atoms with Crippen LogP contribution in [-0.4, -0.2) is 15.8 Å². The first-order chi connectivity index (χ1) is 52.4. The van der Waals surface area contributed by atoms with E-state index in [0.717, 1.165) is 44.9 Å². The summed E-state index contributed by atoms with van der Waals surface area (Å²) >= 11 is 0. The number of nitrogens with zero attached hydrogens (tertiary/aromatic N) is 4. The minimum absolute atomic E-state index is 0.0494. The van der Waals surface area contributed by atoms with Crippen LogP contribution in [-0.2, 0) is 37.9 Å². The number of aromatic nitrogens is 2. The topological polar surface area (TPSA) is 16.3 Å². The van der Waals surface area contributed by atoms with E-state index in [9.17, 15) is 0 Å². The van der Waals surface area contributed by atoms with Crippen molar-refractivity contribution in [1.29, 1.82) is 0 Å². The summed E-state index contributed by atoms with van der Waals surface area (Å²) in [6.45, 7) is 49.3. The molecule has 4 heterocycles. The fourth-order valence-electron chi connectivity index (χ4n) is 17.5. The Balaban J connectivity index is 1.02. The third-order valence-corrected chi connectivity index (χ3v) is 24.1. The van der Waals surface area contributed by atoms with Gasteiger partial charge in [0.15, 0.2) is 0 Å². The molecule has 15 aromatic rings. The first-order valence-corrected chi connectivity index (χ1v) is 40.3. The van der Waals surface area contributed by atoms with Crippen molar-refractivity contribution in [1.82, 2.24) is 9.13 Å². The molecular weight excluding hydrogens is 1340 g/mol.